The molecule has 44 heavy (non-hydrogen) atoms. The van der Waals surface area contributed by atoms with E-state index in [0.717, 1.165) is 30.4 Å². The molecule has 0 fully saturated rings. The highest BCUT2D eigenvalue weighted by molar-refractivity contribution is 5.95. The average molecular weight is 608 g/mol. The lowest BCUT2D eigenvalue weighted by atomic mass is 9.90. The van der Waals surface area contributed by atoms with Gasteiger partial charge in [0.1, 0.15) is 12.4 Å². The van der Waals surface area contributed by atoms with E-state index in [1.165, 1.54) is 17.2 Å². The summed E-state index contributed by atoms with van der Waals surface area (Å²) in [5.41, 5.74) is 3.13. The largest absolute Gasteiger partial charge is 0.481 e. The molecule has 0 saturated carbocycles. The molecule has 1 aliphatic carbocycles. The first-order valence-electron chi connectivity index (χ1n) is 15.1. The van der Waals surface area contributed by atoms with Crippen molar-refractivity contribution in [2.24, 2.45) is 5.92 Å². The fourth-order valence-electron chi connectivity index (χ4n) is 5.28. The Morgan fingerprint density at radius 1 is 1.05 bits per heavy atom. The molecule has 0 heterocycles. The Morgan fingerprint density at radius 2 is 1.82 bits per heavy atom. The average Bonchev–Trinajstić information content (AvgIpc) is 3.03. The molecule has 10 heteroatoms. The third-order valence-corrected chi connectivity index (χ3v) is 7.70. The smallest absolute Gasteiger partial charge is 0.307 e. The molecule has 9 nitrogen and oxygen atoms in total. The number of hydrogen-bond acceptors (Lipinski definition) is 5. The summed E-state index contributed by atoms with van der Waals surface area (Å²) >= 11 is 0. The van der Waals surface area contributed by atoms with Crippen LogP contribution in [0.4, 0.5) is 4.39 Å². The molecule has 0 aliphatic heterocycles. The number of carboxylic acid groups (broad SMARTS) is 1. The van der Waals surface area contributed by atoms with Crippen LogP contribution in [-0.4, -0.2) is 47.1 Å². The van der Waals surface area contributed by atoms with E-state index in [1.807, 2.05) is 37.3 Å². The zero-order valence-corrected chi connectivity index (χ0v) is 25.4. The number of nitrogens with zero attached hydrogens (tertiary/aromatic N) is 1. The SMILES string of the molecule is CCCCCC(C(=O)NCNC(=O)C1=CC=C(c2ccc(F)c(CC(=O)O)c2)CC1)C(CC)N(C=O)OCc1ccccc1. The van der Waals surface area contributed by atoms with Crippen molar-refractivity contribution in [2.45, 2.75) is 77.9 Å². The second kappa shape index (κ2) is 17.7. The van der Waals surface area contributed by atoms with Gasteiger partial charge in [0, 0.05) is 5.57 Å². The van der Waals surface area contributed by atoms with Crippen molar-refractivity contribution in [2.75, 3.05) is 6.67 Å². The number of rotatable bonds is 18. The molecule has 3 rings (SSSR count). The van der Waals surface area contributed by atoms with Gasteiger partial charge in [0.25, 0.3) is 0 Å². The normalized spacial score (nSPS) is 14.1. The molecule has 2 unspecified atom stereocenters. The second-order valence-corrected chi connectivity index (χ2v) is 10.8. The number of nitrogens with one attached hydrogen (secondary N) is 2. The minimum atomic E-state index is -1.11. The Hall–Kier alpha value is -4.31. The second-order valence-electron chi connectivity index (χ2n) is 10.8. The van der Waals surface area contributed by atoms with Crippen molar-refractivity contribution in [3.8, 4) is 0 Å². The molecule has 2 aromatic carbocycles. The van der Waals surface area contributed by atoms with E-state index in [0.29, 0.717) is 43.2 Å². The number of benzene rings is 2. The first-order valence-corrected chi connectivity index (χ1v) is 15.1. The van der Waals surface area contributed by atoms with Crippen molar-refractivity contribution in [1.29, 1.82) is 0 Å². The Bertz CT molecular complexity index is 1340. The number of carboxylic acids is 1. The summed E-state index contributed by atoms with van der Waals surface area (Å²) in [7, 11) is 0. The molecule has 236 valence electrons. The van der Waals surface area contributed by atoms with E-state index < -0.39 is 30.2 Å². The number of unbranched alkanes of at least 4 members (excludes halogenated alkanes) is 2. The van der Waals surface area contributed by atoms with Crippen molar-refractivity contribution in [3.05, 3.63) is 88.8 Å². The van der Waals surface area contributed by atoms with Crippen LogP contribution in [0.15, 0.2) is 66.3 Å². The summed E-state index contributed by atoms with van der Waals surface area (Å²) in [6.07, 6.45) is 8.45. The minimum Gasteiger partial charge on any atom is -0.481 e. The molecular formula is C34H42FN3O6. The molecular weight excluding hydrogens is 565 g/mol. The van der Waals surface area contributed by atoms with Crippen LogP contribution in [0, 0.1) is 11.7 Å². The summed E-state index contributed by atoms with van der Waals surface area (Å²) in [5, 5.41) is 15.8. The van der Waals surface area contributed by atoms with Gasteiger partial charge in [-0.25, -0.2) is 9.45 Å². The Morgan fingerprint density at radius 3 is 2.45 bits per heavy atom. The number of carbonyl (C=O) groups excluding carboxylic acids is 3. The van der Waals surface area contributed by atoms with Crippen LogP contribution in [0.2, 0.25) is 0 Å². The molecule has 0 aromatic heterocycles. The van der Waals surface area contributed by atoms with Gasteiger partial charge in [-0.1, -0.05) is 81.7 Å². The fourth-order valence-corrected chi connectivity index (χ4v) is 5.28. The third kappa shape index (κ3) is 10.2. The molecule has 2 aromatic rings. The number of carbonyl (C=O) groups is 4. The van der Waals surface area contributed by atoms with Crippen molar-refractivity contribution < 1.29 is 33.5 Å². The molecule has 0 saturated heterocycles. The third-order valence-electron chi connectivity index (χ3n) is 7.70. The number of amides is 3. The topological polar surface area (TPSA) is 125 Å². The monoisotopic (exact) mass is 607 g/mol. The summed E-state index contributed by atoms with van der Waals surface area (Å²) in [4.78, 5) is 55.1. The van der Waals surface area contributed by atoms with E-state index >= 15 is 0 Å². The maximum absolute atomic E-state index is 14.0. The Balaban J connectivity index is 1.60. The molecule has 1 aliphatic rings. The summed E-state index contributed by atoms with van der Waals surface area (Å²) in [6, 6.07) is 13.4. The van der Waals surface area contributed by atoms with Gasteiger partial charge in [-0.15, -0.1) is 0 Å². The van der Waals surface area contributed by atoms with Crippen LogP contribution in [0.3, 0.4) is 0 Å². The zero-order chi connectivity index (χ0) is 31.9. The highest BCUT2D eigenvalue weighted by Gasteiger charge is 2.32. The summed E-state index contributed by atoms with van der Waals surface area (Å²) < 4.78 is 14.0. The van der Waals surface area contributed by atoms with Gasteiger partial charge in [-0.3, -0.25) is 24.0 Å². The van der Waals surface area contributed by atoms with Crippen LogP contribution in [0.1, 0.15) is 75.5 Å². The number of aliphatic carboxylic acids is 1. The summed E-state index contributed by atoms with van der Waals surface area (Å²) in [5.74, 6) is -2.79. The lowest BCUT2D eigenvalue weighted by Gasteiger charge is -2.32. The first-order chi connectivity index (χ1) is 21.3. The quantitative estimate of drug-likeness (QED) is 0.0913. The van der Waals surface area contributed by atoms with Crippen molar-refractivity contribution >= 4 is 29.8 Å². The van der Waals surface area contributed by atoms with Gasteiger partial charge in [-0.2, -0.15) is 0 Å². The number of hydroxylamine groups is 2. The van der Waals surface area contributed by atoms with Crippen molar-refractivity contribution in [3.63, 3.8) is 0 Å². The number of halogens is 1. The van der Waals surface area contributed by atoms with Crippen LogP contribution in [-0.2, 0) is 37.0 Å². The van der Waals surface area contributed by atoms with E-state index in [1.54, 1.807) is 18.2 Å². The van der Waals surface area contributed by atoms with Gasteiger partial charge in [0.15, 0.2) is 0 Å². The maximum Gasteiger partial charge on any atom is 0.307 e. The van der Waals surface area contributed by atoms with E-state index in [-0.39, 0.29) is 30.7 Å². The van der Waals surface area contributed by atoms with Crippen LogP contribution in [0.25, 0.3) is 5.57 Å². The number of allylic oxidation sites excluding steroid dienone is 3. The standard InChI is InChI=1S/C34H42FN3O6/c1-3-5-7-12-29(31(4-2)38(23-39)44-21-24-10-8-6-9-11-24)34(43)37-22-36-33(42)26-15-13-25(14-16-26)27-17-18-30(35)28(19-27)20-32(40)41/h6,8-11,13,15,17-19,23,29,31H,3-5,7,12,14,16,20-22H2,1-2H3,(H,36,42)(H,37,43)(H,40,41). The Labute approximate surface area is 258 Å². The van der Waals surface area contributed by atoms with Gasteiger partial charge in [0.2, 0.25) is 18.2 Å². The highest BCUT2D eigenvalue weighted by Crippen LogP contribution is 2.28. The predicted molar refractivity (Wildman–Crippen MR) is 165 cm³/mol. The fraction of sp³-hybridized carbons (Fsp3) is 0.412. The van der Waals surface area contributed by atoms with Gasteiger partial charge in [0.05, 0.1) is 25.0 Å². The van der Waals surface area contributed by atoms with E-state index in [4.69, 9.17) is 9.94 Å². The maximum atomic E-state index is 14.0. The van der Waals surface area contributed by atoms with Crippen LogP contribution in [0.5, 0.6) is 0 Å². The van der Waals surface area contributed by atoms with E-state index in [2.05, 4.69) is 17.6 Å². The lowest BCUT2D eigenvalue weighted by molar-refractivity contribution is -0.200. The van der Waals surface area contributed by atoms with Gasteiger partial charge in [-0.05, 0) is 60.1 Å². The molecule has 0 radical (unpaired) electrons. The first kappa shape index (κ1) is 34.2. The summed E-state index contributed by atoms with van der Waals surface area (Å²) in [6.45, 7) is 4.11. The van der Waals surface area contributed by atoms with Crippen LogP contribution >= 0.6 is 0 Å². The van der Waals surface area contributed by atoms with Crippen molar-refractivity contribution in [1.82, 2.24) is 15.7 Å². The molecule has 3 N–H and O–H groups in total. The molecule has 0 bridgehead atoms. The predicted octanol–water partition coefficient (Wildman–Crippen LogP) is 5.31. The molecule has 0 spiro atoms. The highest BCUT2D eigenvalue weighted by atomic mass is 19.1. The zero-order valence-electron chi connectivity index (χ0n) is 25.4. The van der Waals surface area contributed by atoms with Crippen LogP contribution < -0.4 is 10.6 Å². The number of hydrogen-bond donors (Lipinski definition) is 3. The molecule has 3 amide bonds. The molecule has 2 atom stereocenters. The van der Waals surface area contributed by atoms with E-state index in [9.17, 15) is 23.6 Å². The minimum absolute atomic E-state index is 0.0746. The van der Waals surface area contributed by atoms with Gasteiger partial charge >= 0.3 is 5.97 Å². The van der Waals surface area contributed by atoms with Gasteiger partial charge < -0.3 is 15.7 Å². The Kier molecular flexibility index (Phi) is 13.8. The lowest BCUT2D eigenvalue weighted by Crippen LogP contribution is -2.48.